The Morgan fingerprint density at radius 1 is 1.14 bits per heavy atom. The van der Waals surface area contributed by atoms with Crippen molar-refractivity contribution in [1.29, 1.82) is 0 Å². The smallest absolute Gasteiger partial charge is 0.150 e. The first kappa shape index (κ1) is 20.3. The molecule has 28 heavy (non-hydrogen) atoms. The van der Waals surface area contributed by atoms with E-state index in [2.05, 4.69) is 56.0 Å². The van der Waals surface area contributed by atoms with Crippen LogP contribution in [0.4, 0.5) is 0 Å². The summed E-state index contributed by atoms with van der Waals surface area (Å²) < 4.78 is 5.40. The van der Waals surface area contributed by atoms with E-state index in [1.165, 1.54) is 5.56 Å². The number of allylic oxidation sites excluding steroid dienone is 1. The molecule has 0 atom stereocenters. The van der Waals surface area contributed by atoms with E-state index in [-0.39, 0.29) is 5.41 Å². The molecule has 1 saturated heterocycles. The van der Waals surface area contributed by atoms with Gasteiger partial charge in [0, 0.05) is 19.3 Å². The van der Waals surface area contributed by atoms with Crippen LogP contribution in [0.2, 0.25) is 5.15 Å². The molecule has 0 amide bonds. The summed E-state index contributed by atoms with van der Waals surface area (Å²) in [6.45, 7) is 9.13. The zero-order valence-electron chi connectivity index (χ0n) is 16.5. The molecule has 0 aliphatic carbocycles. The zero-order valence-corrected chi connectivity index (χ0v) is 17.3. The Morgan fingerprint density at radius 3 is 2.39 bits per heavy atom. The molecule has 4 nitrogen and oxygen atoms in total. The van der Waals surface area contributed by atoms with E-state index in [9.17, 15) is 4.79 Å². The molecule has 0 saturated carbocycles. The van der Waals surface area contributed by atoms with E-state index < -0.39 is 0 Å². The Hall–Kier alpha value is -2.39. The van der Waals surface area contributed by atoms with Gasteiger partial charge in [-0.2, -0.15) is 0 Å². The fraction of sp³-hybridized carbons (Fsp3) is 0.348. The van der Waals surface area contributed by atoms with Crippen molar-refractivity contribution in [2.24, 2.45) is 0 Å². The molecule has 1 aromatic heterocycles. The van der Waals surface area contributed by atoms with Crippen molar-refractivity contribution >= 4 is 23.1 Å². The number of rotatable bonds is 4. The summed E-state index contributed by atoms with van der Waals surface area (Å²) in [4.78, 5) is 17.8. The highest BCUT2D eigenvalue weighted by Crippen LogP contribution is 2.29. The Kier molecular flexibility index (Phi) is 6.35. The monoisotopic (exact) mass is 396 g/mol. The number of hydrogen-bond acceptors (Lipinski definition) is 4. The number of morpholine rings is 1. The molecule has 0 N–H and O–H groups in total. The standard InChI is InChI=1S/C23H25ClN2O2/c1-23(2,3)19-6-4-17(5-7-19)21(18-8-9-25-22(24)14-18)15-20(16-27)26-10-12-28-13-11-26/h4-9,14-15H,10-13H2,1-3H3/b21-15-. The predicted octanol–water partition coefficient (Wildman–Crippen LogP) is 4.51. The molecule has 0 spiro atoms. The Morgan fingerprint density at radius 2 is 1.82 bits per heavy atom. The molecule has 0 bridgehead atoms. The third-order valence-corrected chi connectivity index (χ3v) is 5.04. The quantitative estimate of drug-likeness (QED) is 0.433. The van der Waals surface area contributed by atoms with Gasteiger partial charge in [-0.05, 0) is 45.9 Å². The highest BCUT2D eigenvalue weighted by molar-refractivity contribution is 6.29. The summed E-state index contributed by atoms with van der Waals surface area (Å²) in [6, 6.07) is 12.1. The number of aromatic nitrogens is 1. The van der Waals surface area contributed by atoms with E-state index >= 15 is 0 Å². The van der Waals surface area contributed by atoms with Gasteiger partial charge in [0.15, 0.2) is 0 Å². The van der Waals surface area contributed by atoms with Gasteiger partial charge in [-0.3, -0.25) is 0 Å². The van der Waals surface area contributed by atoms with Crippen LogP contribution in [0.1, 0.15) is 37.5 Å². The second-order valence-corrected chi connectivity index (χ2v) is 8.23. The first-order valence-electron chi connectivity index (χ1n) is 9.41. The number of ether oxygens (including phenoxy) is 1. The number of benzene rings is 1. The first-order valence-corrected chi connectivity index (χ1v) is 9.78. The maximum atomic E-state index is 11.7. The van der Waals surface area contributed by atoms with Gasteiger partial charge in [0.05, 0.1) is 13.2 Å². The van der Waals surface area contributed by atoms with E-state index in [1.54, 1.807) is 6.20 Å². The van der Waals surface area contributed by atoms with Crippen molar-refractivity contribution in [2.45, 2.75) is 26.2 Å². The molecule has 5 heteroatoms. The van der Waals surface area contributed by atoms with Crippen LogP contribution in [0, 0.1) is 0 Å². The van der Waals surface area contributed by atoms with E-state index in [0.717, 1.165) is 16.7 Å². The van der Waals surface area contributed by atoms with Crippen LogP contribution in [-0.2, 0) is 14.9 Å². The van der Waals surface area contributed by atoms with Crippen LogP contribution < -0.4 is 0 Å². The van der Waals surface area contributed by atoms with E-state index in [0.29, 0.717) is 37.2 Å². The second-order valence-electron chi connectivity index (χ2n) is 7.84. The van der Waals surface area contributed by atoms with Crippen molar-refractivity contribution in [3.05, 3.63) is 76.2 Å². The summed E-state index contributed by atoms with van der Waals surface area (Å²) in [6.07, 6.45) is 3.56. The maximum absolute atomic E-state index is 11.7. The summed E-state index contributed by atoms with van der Waals surface area (Å²) in [5.41, 5.74) is 4.67. The number of halogens is 1. The first-order chi connectivity index (χ1) is 13.4. The minimum atomic E-state index is 0.0735. The van der Waals surface area contributed by atoms with Gasteiger partial charge in [-0.15, -0.1) is 0 Å². The zero-order chi connectivity index (χ0) is 20.1. The lowest BCUT2D eigenvalue weighted by Gasteiger charge is -2.28. The molecule has 3 rings (SSSR count). The molecule has 2 aromatic rings. The van der Waals surface area contributed by atoms with Gasteiger partial charge in [0.1, 0.15) is 16.8 Å². The lowest BCUT2D eigenvalue weighted by Crippen LogP contribution is -2.35. The molecule has 1 aliphatic heterocycles. The van der Waals surface area contributed by atoms with Crippen molar-refractivity contribution in [3.8, 4) is 0 Å². The third kappa shape index (κ3) is 4.90. The van der Waals surface area contributed by atoms with E-state index in [4.69, 9.17) is 16.3 Å². The summed E-state index contributed by atoms with van der Waals surface area (Å²) >= 11 is 6.13. The fourth-order valence-corrected chi connectivity index (χ4v) is 3.35. The van der Waals surface area contributed by atoms with Gasteiger partial charge < -0.3 is 9.64 Å². The number of pyridine rings is 1. The lowest BCUT2D eigenvalue weighted by molar-refractivity contribution is 0.0560. The van der Waals surface area contributed by atoms with Crippen molar-refractivity contribution in [1.82, 2.24) is 9.88 Å². The minimum absolute atomic E-state index is 0.0735. The van der Waals surface area contributed by atoms with Crippen LogP contribution in [0.3, 0.4) is 0 Å². The highest BCUT2D eigenvalue weighted by atomic mass is 35.5. The van der Waals surface area contributed by atoms with E-state index in [1.807, 2.05) is 23.1 Å². The average molecular weight is 397 g/mol. The summed E-state index contributed by atoms with van der Waals surface area (Å²) in [7, 11) is 0. The van der Waals surface area contributed by atoms with Gasteiger partial charge in [-0.1, -0.05) is 56.6 Å². The van der Waals surface area contributed by atoms with Crippen LogP contribution in [0.25, 0.3) is 5.57 Å². The second kappa shape index (κ2) is 8.74. The van der Waals surface area contributed by atoms with Crippen LogP contribution in [0.15, 0.2) is 54.4 Å². The van der Waals surface area contributed by atoms with Crippen LogP contribution >= 0.6 is 11.6 Å². The Labute approximate surface area is 171 Å². The van der Waals surface area contributed by atoms with Crippen LogP contribution in [-0.4, -0.2) is 42.1 Å². The highest BCUT2D eigenvalue weighted by Gasteiger charge is 2.17. The number of carbonyl (C=O) groups excluding carboxylic acids is 1. The molecule has 1 fully saturated rings. The fourth-order valence-electron chi connectivity index (χ4n) is 3.18. The molecular weight excluding hydrogens is 372 g/mol. The molecular formula is C23H25ClN2O2. The minimum Gasteiger partial charge on any atom is -0.378 e. The molecule has 1 aromatic carbocycles. The van der Waals surface area contributed by atoms with Gasteiger partial charge >= 0.3 is 0 Å². The largest absolute Gasteiger partial charge is 0.378 e. The topological polar surface area (TPSA) is 42.4 Å². The Bertz CT molecular complexity index is 901. The van der Waals surface area contributed by atoms with Crippen molar-refractivity contribution < 1.29 is 9.53 Å². The van der Waals surface area contributed by atoms with Gasteiger partial charge in [-0.25, -0.2) is 9.78 Å². The summed E-state index contributed by atoms with van der Waals surface area (Å²) in [5.74, 6) is 2.10. The van der Waals surface area contributed by atoms with Gasteiger partial charge in [0.25, 0.3) is 0 Å². The Balaban J connectivity index is 2.06. The predicted molar refractivity (Wildman–Crippen MR) is 113 cm³/mol. The summed E-state index contributed by atoms with van der Waals surface area (Å²) in [5, 5.41) is 0.415. The SMILES string of the molecule is CC(C)(C)c1ccc(/C(=C/C(=C=O)N2CCOCC2)c2ccnc(Cl)c2)cc1. The van der Waals surface area contributed by atoms with Crippen molar-refractivity contribution in [2.75, 3.05) is 26.3 Å². The molecule has 0 radical (unpaired) electrons. The van der Waals surface area contributed by atoms with Crippen LogP contribution in [0.5, 0.6) is 0 Å². The normalized spacial score (nSPS) is 15.3. The average Bonchev–Trinajstić information content (AvgIpc) is 2.69. The molecule has 0 unspecified atom stereocenters. The lowest BCUT2D eigenvalue weighted by atomic mass is 9.85. The number of nitrogens with zero attached hydrogens (tertiary/aromatic N) is 2. The third-order valence-electron chi connectivity index (χ3n) is 4.84. The number of hydrogen-bond donors (Lipinski definition) is 0. The van der Waals surface area contributed by atoms with Crippen molar-refractivity contribution in [3.63, 3.8) is 0 Å². The van der Waals surface area contributed by atoms with Gasteiger partial charge in [0.2, 0.25) is 0 Å². The molecule has 146 valence electrons. The molecule has 2 heterocycles. The maximum Gasteiger partial charge on any atom is 0.150 e. The molecule has 1 aliphatic rings.